The van der Waals surface area contributed by atoms with Crippen molar-refractivity contribution in [3.63, 3.8) is 0 Å². The SMILES string of the molecule is CC(NS(=O)(=O)CBr)c1nn[nH]n1. The molecule has 0 amide bonds. The lowest BCUT2D eigenvalue weighted by molar-refractivity contribution is 0.565. The Hall–Kier alpha value is -0.540. The van der Waals surface area contributed by atoms with Gasteiger partial charge in [0.25, 0.3) is 0 Å². The largest absolute Gasteiger partial charge is 0.222 e. The maximum Gasteiger partial charge on any atom is 0.222 e. The van der Waals surface area contributed by atoms with Gasteiger partial charge in [-0.3, -0.25) is 0 Å². The molecule has 1 atom stereocenters. The number of sulfonamides is 1. The zero-order valence-electron chi connectivity index (χ0n) is 6.73. The topological polar surface area (TPSA) is 101 Å². The highest BCUT2D eigenvalue weighted by atomic mass is 79.9. The molecule has 0 aliphatic rings. The Morgan fingerprint density at radius 2 is 2.38 bits per heavy atom. The van der Waals surface area contributed by atoms with Crippen LogP contribution in [0.2, 0.25) is 0 Å². The first-order valence-corrected chi connectivity index (χ1v) is 6.12. The lowest BCUT2D eigenvalue weighted by Gasteiger charge is -2.07. The first-order valence-electron chi connectivity index (χ1n) is 3.34. The van der Waals surface area contributed by atoms with E-state index in [4.69, 9.17) is 0 Å². The quantitative estimate of drug-likeness (QED) is 0.720. The third-order valence-corrected chi connectivity index (χ3v) is 4.06. The highest BCUT2D eigenvalue weighted by molar-refractivity contribution is 9.10. The summed E-state index contributed by atoms with van der Waals surface area (Å²) in [6.07, 6.45) is 0. The first kappa shape index (κ1) is 10.5. The van der Waals surface area contributed by atoms with Crippen molar-refractivity contribution in [2.24, 2.45) is 0 Å². The molecule has 1 aromatic heterocycles. The van der Waals surface area contributed by atoms with Crippen LogP contribution < -0.4 is 4.72 Å². The predicted octanol–water partition coefficient (Wildman–Crippen LogP) is -0.468. The maximum absolute atomic E-state index is 11.1. The van der Waals surface area contributed by atoms with Crippen molar-refractivity contribution in [2.75, 3.05) is 4.66 Å². The number of alkyl halides is 1. The number of aromatic amines is 1. The van der Waals surface area contributed by atoms with Crippen molar-refractivity contribution in [3.8, 4) is 0 Å². The fraction of sp³-hybridized carbons (Fsp3) is 0.750. The van der Waals surface area contributed by atoms with Crippen molar-refractivity contribution < 1.29 is 8.42 Å². The van der Waals surface area contributed by atoms with Gasteiger partial charge in [0.1, 0.15) is 4.66 Å². The number of hydrogen-bond donors (Lipinski definition) is 2. The first-order chi connectivity index (χ1) is 6.05. The van der Waals surface area contributed by atoms with E-state index in [1.54, 1.807) is 6.92 Å². The Labute approximate surface area is 83.5 Å². The average Bonchev–Trinajstić information content (AvgIpc) is 2.55. The van der Waals surface area contributed by atoms with Crippen molar-refractivity contribution in [1.82, 2.24) is 25.3 Å². The van der Waals surface area contributed by atoms with Crippen LogP contribution in [0.5, 0.6) is 0 Å². The molecule has 1 heterocycles. The van der Waals surface area contributed by atoms with E-state index < -0.39 is 16.1 Å². The molecule has 0 aliphatic heterocycles. The Morgan fingerprint density at radius 3 is 2.85 bits per heavy atom. The summed E-state index contributed by atoms with van der Waals surface area (Å²) in [7, 11) is -3.30. The fourth-order valence-corrected chi connectivity index (χ4v) is 1.81. The van der Waals surface area contributed by atoms with E-state index in [9.17, 15) is 8.42 Å². The molecule has 9 heteroatoms. The van der Waals surface area contributed by atoms with Gasteiger partial charge in [0.05, 0.1) is 6.04 Å². The third kappa shape index (κ3) is 3.01. The summed E-state index contributed by atoms with van der Waals surface area (Å²) in [5, 5.41) is 12.8. The van der Waals surface area contributed by atoms with Crippen LogP contribution in [0.3, 0.4) is 0 Å². The Kier molecular flexibility index (Phi) is 3.33. The minimum absolute atomic E-state index is 0.151. The summed E-state index contributed by atoms with van der Waals surface area (Å²) in [5.74, 6) is 0.310. The summed E-state index contributed by atoms with van der Waals surface area (Å²) >= 11 is 2.85. The lowest BCUT2D eigenvalue weighted by Crippen LogP contribution is -2.28. The van der Waals surface area contributed by atoms with Gasteiger partial charge in [-0.2, -0.15) is 5.21 Å². The molecular weight excluding hydrogens is 262 g/mol. The second-order valence-corrected chi connectivity index (χ2v) is 5.39. The fourth-order valence-electron chi connectivity index (χ4n) is 0.707. The van der Waals surface area contributed by atoms with Crippen molar-refractivity contribution in [1.29, 1.82) is 0 Å². The highest BCUT2D eigenvalue weighted by Crippen LogP contribution is 2.06. The summed E-state index contributed by atoms with van der Waals surface area (Å²) in [6, 6.07) is -0.485. The standard InChI is InChI=1S/C4H8BrN5O2S/c1-3(4-6-9-10-7-4)8-13(11,12)2-5/h3,8H,2H2,1H3,(H,6,7,9,10). The average molecular weight is 270 g/mol. The van der Waals surface area contributed by atoms with E-state index >= 15 is 0 Å². The molecule has 0 fully saturated rings. The van der Waals surface area contributed by atoms with Gasteiger partial charge in [-0.25, -0.2) is 13.1 Å². The van der Waals surface area contributed by atoms with Gasteiger partial charge < -0.3 is 0 Å². The third-order valence-electron chi connectivity index (χ3n) is 1.25. The number of rotatable bonds is 4. The molecule has 7 nitrogen and oxygen atoms in total. The Bertz CT molecular complexity index is 349. The van der Waals surface area contributed by atoms with Gasteiger partial charge in [0.15, 0.2) is 5.82 Å². The van der Waals surface area contributed by atoms with E-state index in [2.05, 4.69) is 41.3 Å². The van der Waals surface area contributed by atoms with Crippen molar-refractivity contribution >= 4 is 26.0 Å². The number of halogens is 1. The molecule has 0 saturated heterocycles. The molecule has 1 aromatic rings. The number of H-pyrrole nitrogens is 1. The molecule has 74 valence electrons. The minimum Gasteiger partial charge on any atom is -0.212 e. The van der Waals surface area contributed by atoms with Crippen LogP contribution in [0, 0.1) is 0 Å². The molecule has 0 radical (unpaired) electrons. The van der Waals surface area contributed by atoms with Crippen LogP contribution in [0.1, 0.15) is 18.8 Å². The molecule has 1 rings (SSSR count). The molecule has 0 aliphatic carbocycles. The molecule has 0 aromatic carbocycles. The van der Waals surface area contributed by atoms with Gasteiger partial charge >= 0.3 is 0 Å². The Balaban J connectivity index is 2.67. The van der Waals surface area contributed by atoms with Gasteiger partial charge in [-0.05, 0) is 6.92 Å². The van der Waals surface area contributed by atoms with Crippen LogP contribution in [0.15, 0.2) is 0 Å². The van der Waals surface area contributed by atoms with E-state index in [-0.39, 0.29) is 4.66 Å². The van der Waals surface area contributed by atoms with Crippen LogP contribution in [-0.2, 0) is 10.0 Å². The van der Waals surface area contributed by atoms with Crippen LogP contribution in [0.25, 0.3) is 0 Å². The van der Waals surface area contributed by atoms with E-state index in [0.717, 1.165) is 0 Å². The normalized spacial score (nSPS) is 14.3. The molecule has 0 saturated carbocycles. The molecular formula is C4H8BrN5O2S. The molecule has 0 spiro atoms. The molecule has 2 N–H and O–H groups in total. The summed E-state index contributed by atoms with van der Waals surface area (Å²) < 4.78 is 24.3. The van der Waals surface area contributed by atoms with Crippen molar-refractivity contribution in [3.05, 3.63) is 5.82 Å². The smallest absolute Gasteiger partial charge is 0.212 e. The lowest BCUT2D eigenvalue weighted by atomic mass is 10.4. The second kappa shape index (κ2) is 4.11. The molecule has 1 unspecified atom stereocenters. The predicted molar refractivity (Wildman–Crippen MR) is 48.4 cm³/mol. The van der Waals surface area contributed by atoms with E-state index in [0.29, 0.717) is 5.82 Å². The number of nitrogens with zero attached hydrogens (tertiary/aromatic N) is 3. The second-order valence-electron chi connectivity index (χ2n) is 2.33. The number of aromatic nitrogens is 4. The summed E-state index contributed by atoms with van der Waals surface area (Å²) in [6.45, 7) is 1.63. The van der Waals surface area contributed by atoms with E-state index in [1.165, 1.54) is 0 Å². The van der Waals surface area contributed by atoms with Crippen molar-refractivity contribution in [2.45, 2.75) is 13.0 Å². The van der Waals surface area contributed by atoms with Crippen LogP contribution in [0.4, 0.5) is 0 Å². The summed E-state index contributed by atoms with van der Waals surface area (Å²) in [5.41, 5.74) is 0. The van der Waals surface area contributed by atoms with Gasteiger partial charge in [-0.15, -0.1) is 10.2 Å². The Morgan fingerprint density at radius 1 is 1.69 bits per heavy atom. The zero-order valence-corrected chi connectivity index (χ0v) is 9.13. The number of tetrazole rings is 1. The van der Waals surface area contributed by atoms with E-state index in [1.807, 2.05) is 0 Å². The van der Waals surface area contributed by atoms with Crippen LogP contribution in [-0.4, -0.2) is 33.7 Å². The minimum atomic E-state index is -3.30. The highest BCUT2D eigenvalue weighted by Gasteiger charge is 2.16. The number of nitrogens with one attached hydrogen (secondary N) is 2. The van der Waals surface area contributed by atoms with Gasteiger partial charge in [0.2, 0.25) is 10.0 Å². The van der Waals surface area contributed by atoms with Crippen LogP contribution >= 0.6 is 15.9 Å². The zero-order chi connectivity index (χ0) is 9.90. The molecule has 13 heavy (non-hydrogen) atoms. The monoisotopic (exact) mass is 269 g/mol. The maximum atomic E-state index is 11.1. The number of hydrogen-bond acceptors (Lipinski definition) is 5. The molecule has 0 bridgehead atoms. The van der Waals surface area contributed by atoms with Gasteiger partial charge in [-0.1, -0.05) is 21.1 Å². The summed E-state index contributed by atoms with van der Waals surface area (Å²) in [4.78, 5) is 0. The van der Waals surface area contributed by atoms with Gasteiger partial charge in [0, 0.05) is 0 Å².